The van der Waals surface area contributed by atoms with Gasteiger partial charge in [-0.25, -0.2) is 8.78 Å². The van der Waals surface area contributed by atoms with E-state index in [1.54, 1.807) is 0 Å². The van der Waals surface area contributed by atoms with Gasteiger partial charge in [-0.1, -0.05) is 23.2 Å². The third kappa shape index (κ3) is 8.45. The van der Waals surface area contributed by atoms with E-state index in [4.69, 9.17) is 27.9 Å². The Kier molecular flexibility index (Phi) is 10.1. The van der Waals surface area contributed by atoms with Gasteiger partial charge in [-0.3, -0.25) is 9.59 Å². The molecule has 0 aliphatic rings. The minimum Gasteiger partial charge on any atom is -0.507 e. The van der Waals surface area contributed by atoms with Crippen molar-refractivity contribution in [2.24, 2.45) is 0 Å². The average molecular weight is 651 g/mol. The van der Waals surface area contributed by atoms with Crippen LogP contribution in [0.2, 0.25) is 10.0 Å². The zero-order chi connectivity index (χ0) is 32.3. The molecule has 4 nitrogen and oxygen atoms in total. The van der Waals surface area contributed by atoms with Crippen molar-refractivity contribution in [3.8, 4) is 11.5 Å². The van der Waals surface area contributed by atoms with Gasteiger partial charge in [0.05, 0.1) is 29.4 Å². The van der Waals surface area contributed by atoms with E-state index in [-0.39, 0.29) is 33.0 Å². The number of phenols is 1. The van der Waals surface area contributed by atoms with E-state index in [9.17, 15) is 49.8 Å². The minimum atomic E-state index is -4.78. The summed E-state index contributed by atoms with van der Waals surface area (Å²) in [5, 5.41) is 9.89. The van der Waals surface area contributed by atoms with Crippen molar-refractivity contribution in [1.29, 1.82) is 0 Å². The maximum absolute atomic E-state index is 13.4. The van der Waals surface area contributed by atoms with Crippen LogP contribution in [-0.4, -0.2) is 23.8 Å². The van der Waals surface area contributed by atoms with Gasteiger partial charge in [0.15, 0.2) is 11.6 Å². The van der Waals surface area contributed by atoms with Crippen LogP contribution in [0.25, 0.3) is 0 Å². The molecule has 0 atom stereocenters. The van der Waals surface area contributed by atoms with E-state index in [1.165, 1.54) is 31.4 Å². The number of hydrogen-bond acceptors (Lipinski definition) is 4. The van der Waals surface area contributed by atoms with E-state index in [1.807, 2.05) is 0 Å². The second kappa shape index (κ2) is 13.0. The fourth-order valence-electron chi connectivity index (χ4n) is 3.63. The monoisotopic (exact) mass is 650 g/mol. The Bertz CT molecular complexity index is 1680. The second-order valence-electron chi connectivity index (χ2n) is 8.62. The number of methoxy groups -OCH3 is 1. The molecule has 0 saturated carbocycles. The van der Waals surface area contributed by atoms with Crippen LogP contribution in [0.3, 0.4) is 0 Å². The van der Waals surface area contributed by atoms with Gasteiger partial charge in [-0.05, 0) is 72.8 Å². The molecule has 0 fully saturated rings. The highest BCUT2D eigenvalue weighted by atomic mass is 35.5. The predicted octanol–water partition coefficient (Wildman–Crippen LogP) is 9.17. The summed E-state index contributed by atoms with van der Waals surface area (Å²) in [6.07, 6.45) is -9.54. The molecule has 226 valence electrons. The van der Waals surface area contributed by atoms with E-state index in [0.717, 1.165) is 18.2 Å². The molecule has 0 bridgehead atoms. The molecular formula is C29H16Cl2F8O4. The highest BCUT2D eigenvalue weighted by Crippen LogP contribution is 2.33. The van der Waals surface area contributed by atoms with Gasteiger partial charge in [-0.15, -0.1) is 0 Å². The van der Waals surface area contributed by atoms with Crippen molar-refractivity contribution in [2.75, 3.05) is 7.11 Å². The summed E-state index contributed by atoms with van der Waals surface area (Å²) in [6.45, 7) is 0. The SMILES string of the molecule is COc1ccc(Cl)cc1C(=O)c1cc(F)cc(C(F)(F)F)c1.O=C(c1cc(F)cc(C(F)(F)F)c1)c1cc(Cl)ccc1O. The van der Waals surface area contributed by atoms with Crippen molar-refractivity contribution < 1.29 is 54.6 Å². The highest BCUT2D eigenvalue weighted by Gasteiger charge is 2.33. The van der Waals surface area contributed by atoms with Crippen LogP contribution in [0.1, 0.15) is 43.0 Å². The third-order valence-corrected chi connectivity index (χ3v) is 6.05. The quantitative estimate of drug-likeness (QED) is 0.173. The highest BCUT2D eigenvalue weighted by molar-refractivity contribution is 6.31. The summed E-state index contributed by atoms with van der Waals surface area (Å²) in [7, 11) is 1.30. The van der Waals surface area contributed by atoms with Crippen molar-refractivity contribution in [3.05, 3.63) is 128 Å². The first kappa shape index (κ1) is 33.3. The van der Waals surface area contributed by atoms with Gasteiger partial charge < -0.3 is 9.84 Å². The maximum Gasteiger partial charge on any atom is 0.416 e. The van der Waals surface area contributed by atoms with Crippen LogP contribution < -0.4 is 4.74 Å². The lowest BCUT2D eigenvalue weighted by Gasteiger charge is -2.11. The normalized spacial score (nSPS) is 11.4. The lowest BCUT2D eigenvalue weighted by molar-refractivity contribution is -0.138. The Balaban J connectivity index is 0.000000236. The van der Waals surface area contributed by atoms with Crippen LogP contribution in [0.4, 0.5) is 35.1 Å². The molecule has 4 aromatic carbocycles. The summed E-state index contributed by atoms with van der Waals surface area (Å²) < 4.78 is 108. The zero-order valence-corrected chi connectivity index (χ0v) is 22.9. The largest absolute Gasteiger partial charge is 0.507 e. The Morgan fingerprint density at radius 2 is 1.07 bits per heavy atom. The lowest BCUT2D eigenvalue weighted by Crippen LogP contribution is -2.10. The molecule has 1 N–H and O–H groups in total. The first-order chi connectivity index (χ1) is 19.9. The van der Waals surface area contributed by atoms with Gasteiger partial charge in [0.25, 0.3) is 0 Å². The van der Waals surface area contributed by atoms with E-state index < -0.39 is 63.6 Å². The van der Waals surface area contributed by atoms with Crippen LogP contribution in [-0.2, 0) is 12.4 Å². The topological polar surface area (TPSA) is 63.6 Å². The molecule has 0 radical (unpaired) electrons. The number of phenolic OH excluding ortho intramolecular Hbond substituents is 1. The van der Waals surface area contributed by atoms with E-state index in [0.29, 0.717) is 24.3 Å². The molecule has 0 aromatic heterocycles. The number of carbonyl (C=O) groups excluding carboxylic acids is 2. The molecule has 0 saturated heterocycles. The molecule has 14 heteroatoms. The number of ether oxygens (including phenoxy) is 1. The Labute approximate surface area is 248 Å². The smallest absolute Gasteiger partial charge is 0.416 e. The predicted molar refractivity (Wildman–Crippen MR) is 141 cm³/mol. The van der Waals surface area contributed by atoms with Crippen molar-refractivity contribution >= 4 is 34.8 Å². The third-order valence-electron chi connectivity index (χ3n) is 5.58. The number of rotatable bonds is 5. The number of alkyl halides is 6. The molecule has 4 aromatic rings. The number of benzene rings is 4. The first-order valence-electron chi connectivity index (χ1n) is 11.6. The number of carbonyl (C=O) groups is 2. The molecule has 4 rings (SSSR count). The van der Waals surface area contributed by atoms with Gasteiger partial charge in [0.1, 0.15) is 23.1 Å². The second-order valence-corrected chi connectivity index (χ2v) is 9.49. The molecule has 0 heterocycles. The number of ketones is 2. The van der Waals surface area contributed by atoms with Crippen molar-refractivity contribution in [1.82, 2.24) is 0 Å². The number of halogens is 10. The van der Waals surface area contributed by atoms with Crippen LogP contribution in [0.15, 0.2) is 72.8 Å². The minimum absolute atomic E-state index is 0.0475. The standard InChI is InChI=1S/C15H9ClF4O2.C14H7ClF4O2/c1-22-13-3-2-10(16)7-12(13)14(21)8-4-9(15(18,19)20)6-11(17)5-8;15-9-1-2-12(20)11(6-9)13(21)7-3-8(14(17,18)19)5-10(16)4-7/h2-7H,1H3;1-6,20H. The summed E-state index contributed by atoms with van der Waals surface area (Å²) in [4.78, 5) is 24.4. The van der Waals surface area contributed by atoms with E-state index in [2.05, 4.69) is 0 Å². The first-order valence-corrected chi connectivity index (χ1v) is 12.3. The average Bonchev–Trinajstić information content (AvgIpc) is 2.92. The summed E-state index contributed by atoms with van der Waals surface area (Å²) >= 11 is 11.4. The number of aromatic hydroxyl groups is 1. The fraction of sp³-hybridized carbons (Fsp3) is 0.103. The molecular weight excluding hydrogens is 635 g/mol. The zero-order valence-electron chi connectivity index (χ0n) is 21.4. The Morgan fingerprint density at radius 3 is 1.51 bits per heavy atom. The van der Waals surface area contributed by atoms with Gasteiger partial charge in [0.2, 0.25) is 0 Å². The van der Waals surface area contributed by atoms with Crippen LogP contribution in [0, 0.1) is 11.6 Å². The molecule has 0 spiro atoms. The fourth-order valence-corrected chi connectivity index (χ4v) is 3.97. The maximum atomic E-state index is 13.4. The summed E-state index contributed by atoms with van der Waals surface area (Å²) in [6, 6.07) is 10.8. The molecule has 0 aliphatic heterocycles. The van der Waals surface area contributed by atoms with Crippen molar-refractivity contribution in [3.63, 3.8) is 0 Å². The van der Waals surface area contributed by atoms with Gasteiger partial charge in [-0.2, -0.15) is 26.3 Å². The van der Waals surface area contributed by atoms with Gasteiger partial charge in [0, 0.05) is 21.2 Å². The molecule has 43 heavy (non-hydrogen) atoms. The van der Waals surface area contributed by atoms with Gasteiger partial charge >= 0.3 is 12.4 Å². The van der Waals surface area contributed by atoms with Crippen LogP contribution >= 0.6 is 23.2 Å². The molecule has 0 unspecified atom stereocenters. The Hall–Kier alpha value is -4.16. The van der Waals surface area contributed by atoms with E-state index >= 15 is 0 Å². The summed E-state index contributed by atoms with van der Waals surface area (Å²) in [5.74, 6) is -4.45. The molecule has 0 aliphatic carbocycles. The summed E-state index contributed by atoms with van der Waals surface area (Å²) in [5.41, 5.74) is -3.84. The lowest BCUT2D eigenvalue weighted by atomic mass is 10.00. The molecule has 0 amide bonds. The number of hydrogen-bond donors (Lipinski definition) is 1. The van der Waals surface area contributed by atoms with Crippen molar-refractivity contribution in [2.45, 2.75) is 12.4 Å². The Morgan fingerprint density at radius 1 is 0.651 bits per heavy atom. The van der Waals surface area contributed by atoms with Crippen LogP contribution in [0.5, 0.6) is 11.5 Å².